The fourth-order valence-electron chi connectivity index (χ4n) is 3.28. The van der Waals surface area contributed by atoms with Crippen LogP contribution in [-0.4, -0.2) is 51.0 Å². The predicted molar refractivity (Wildman–Crippen MR) is 93.0 cm³/mol. The summed E-state index contributed by atoms with van der Waals surface area (Å²) in [6, 6.07) is 0. The first-order valence-corrected chi connectivity index (χ1v) is 8.65. The van der Waals surface area contributed by atoms with Crippen molar-refractivity contribution in [1.82, 2.24) is 15.5 Å². The molecule has 22 heavy (non-hydrogen) atoms. The first-order valence-electron chi connectivity index (χ1n) is 8.65. The Labute approximate surface area is 135 Å². The second kappa shape index (κ2) is 9.01. The van der Waals surface area contributed by atoms with Crippen LogP contribution in [0.5, 0.6) is 0 Å². The number of hydrogen-bond acceptors (Lipinski definition) is 2. The molecule has 0 atom stereocenters. The van der Waals surface area contributed by atoms with Gasteiger partial charge >= 0.3 is 0 Å². The second-order valence-electron chi connectivity index (χ2n) is 6.68. The highest BCUT2D eigenvalue weighted by atomic mass is 16.2. The zero-order valence-electron chi connectivity index (χ0n) is 15.0. The molecule has 0 aromatic carbocycles. The summed E-state index contributed by atoms with van der Waals surface area (Å²) in [5, 5.41) is 6.78. The van der Waals surface area contributed by atoms with Crippen molar-refractivity contribution in [2.45, 2.75) is 52.4 Å². The van der Waals surface area contributed by atoms with E-state index in [9.17, 15) is 4.79 Å². The predicted octanol–water partition coefficient (Wildman–Crippen LogP) is 2.24. The summed E-state index contributed by atoms with van der Waals surface area (Å²) in [5.41, 5.74) is -0.254. The summed E-state index contributed by atoms with van der Waals surface area (Å²) in [6.45, 7) is 6.04. The van der Waals surface area contributed by atoms with Crippen molar-refractivity contribution < 1.29 is 4.79 Å². The maximum Gasteiger partial charge on any atom is 0.230 e. The van der Waals surface area contributed by atoms with E-state index >= 15 is 0 Å². The minimum absolute atomic E-state index is 0.243. The summed E-state index contributed by atoms with van der Waals surface area (Å²) in [4.78, 5) is 18.6. The van der Waals surface area contributed by atoms with Crippen LogP contribution in [0.1, 0.15) is 52.4 Å². The maximum atomic E-state index is 12.6. The third-order valence-electron chi connectivity index (χ3n) is 4.95. The number of carbonyl (C=O) groups is 1. The van der Waals surface area contributed by atoms with Crippen molar-refractivity contribution in [1.29, 1.82) is 0 Å². The van der Waals surface area contributed by atoms with Gasteiger partial charge in [0.1, 0.15) is 0 Å². The highest BCUT2D eigenvalue weighted by molar-refractivity contribution is 5.85. The molecule has 128 valence electrons. The number of nitrogens with one attached hydrogen (secondary N) is 2. The quantitative estimate of drug-likeness (QED) is 0.560. The Morgan fingerprint density at radius 1 is 1.18 bits per heavy atom. The molecular weight excluding hydrogens is 276 g/mol. The maximum absolute atomic E-state index is 12.6. The lowest BCUT2D eigenvalue weighted by Crippen LogP contribution is -2.49. The molecule has 0 bridgehead atoms. The topological polar surface area (TPSA) is 56.7 Å². The molecule has 1 aliphatic rings. The Balaban J connectivity index is 2.58. The highest BCUT2D eigenvalue weighted by Crippen LogP contribution is 2.38. The number of carbonyl (C=O) groups excluding carboxylic acids is 1. The average molecular weight is 310 g/mol. The second-order valence-corrected chi connectivity index (χ2v) is 6.68. The van der Waals surface area contributed by atoms with Crippen molar-refractivity contribution in [2.75, 3.05) is 34.2 Å². The SMILES string of the molecule is CCC(CC)CNC(=NC)NCC1(C(=O)N(C)C)CCCC1. The molecule has 1 fully saturated rings. The fourth-order valence-corrected chi connectivity index (χ4v) is 3.28. The molecule has 0 heterocycles. The fraction of sp³-hybridized carbons (Fsp3) is 0.882. The van der Waals surface area contributed by atoms with Gasteiger partial charge in [-0.2, -0.15) is 0 Å². The van der Waals surface area contributed by atoms with Crippen LogP contribution in [0.3, 0.4) is 0 Å². The molecular formula is C17H34N4O. The third kappa shape index (κ3) is 4.89. The largest absolute Gasteiger partial charge is 0.356 e. The van der Waals surface area contributed by atoms with E-state index in [2.05, 4.69) is 29.5 Å². The van der Waals surface area contributed by atoms with E-state index in [-0.39, 0.29) is 11.3 Å². The number of rotatable bonds is 7. The number of aliphatic imine (C=N–C) groups is 1. The Bertz CT molecular complexity index is 369. The molecule has 0 spiro atoms. The first-order chi connectivity index (χ1) is 10.5. The third-order valence-corrected chi connectivity index (χ3v) is 4.95. The van der Waals surface area contributed by atoms with Crippen LogP contribution >= 0.6 is 0 Å². The first kappa shape index (κ1) is 18.8. The van der Waals surface area contributed by atoms with Crippen LogP contribution in [0.15, 0.2) is 4.99 Å². The lowest BCUT2D eigenvalue weighted by Gasteiger charge is -2.31. The van der Waals surface area contributed by atoms with Crippen LogP contribution in [-0.2, 0) is 4.79 Å². The summed E-state index contributed by atoms with van der Waals surface area (Å²) in [7, 11) is 5.49. The van der Waals surface area contributed by atoms with Crippen LogP contribution in [0.25, 0.3) is 0 Å². The molecule has 5 nitrogen and oxygen atoms in total. The smallest absolute Gasteiger partial charge is 0.230 e. The van der Waals surface area contributed by atoms with Gasteiger partial charge in [-0.3, -0.25) is 9.79 Å². The molecule has 0 saturated heterocycles. The summed E-state index contributed by atoms with van der Waals surface area (Å²) >= 11 is 0. The van der Waals surface area contributed by atoms with Crippen molar-refractivity contribution in [2.24, 2.45) is 16.3 Å². The lowest BCUT2D eigenvalue weighted by atomic mass is 9.84. The number of guanidine groups is 1. The van der Waals surface area contributed by atoms with E-state index in [0.717, 1.165) is 38.2 Å². The minimum Gasteiger partial charge on any atom is -0.356 e. The normalized spacial score (nSPS) is 17.6. The van der Waals surface area contributed by atoms with E-state index in [0.29, 0.717) is 12.5 Å². The van der Waals surface area contributed by atoms with Crippen LogP contribution in [0.2, 0.25) is 0 Å². The Morgan fingerprint density at radius 3 is 2.23 bits per heavy atom. The number of amides is 1. The summed E-state index contributed by atoms with van der Waals surface area (Å²) in [5.74, 6) is 1.72. The van der Waals surface area contributed by atoms with E-state index < -0.39 is 0 Å². The van der Waals surface area contributed by atoms with Gasteiger partial charge in [0, 0.05) is 34.2 Å². The standard InChI is InChI=1S/C17H34N4O/c1-6-14(7-2)12-19-16(18-3)20-13-17(10-8-9-11-17)15(22)21(4)5/h14H,6-13H2,1-5H3,(H2,18,19,20). The van der Waals surface area contributed by atoms with Gasteiger partial charge in [0.05, 0.1) is 5.41 Å². The van der Waals surface area contributed by atoms with Crippen molar-refractivity contribution >= 4 is 11.9 Å². The minimum atomic E-state index is -0.254. The number of nitrogens with zero attached hydrogens (tertiary/aromatic N) is 2. The Kier molecular flexibility index (Phi) is 7.69. The van der Waals surface area contributed by atoms with Gasteiger partial charge in [0.2, 0.25) is 5.91 Å². The zero-order valence-corrected chi connectivity index (χ0v) is 15.0. The Hall–Kier alpha value is -1.26. The van der Waals surface area contributed by atoms with Gasteiger partial charge < -0.3 is 15.5 Å². The van der Waals surface area contributed by atoms with Crippen LogP contribution in [0.4, 0.5) is 0 Å². The molecule has 1 amide bonds. The molecule has 1 saturated carbocycles. The zero-order chi connectivity index (χ0) is 16.6. The van der Waals surface area contributed by atoms with Gasteiger partial charge in [0.15, 0.2) is 5.96 Å². The van der Waals surface area contributed by atoms with E-state index in [1.165, 1.54) is 12.8 Å². The van der Waals surface area contributed by atoms with E-state index in [4.69, 9.17) is 0 Å². The molecule has 0 radical (unpaired) electrons. The summed E-state index contributed by atoms with van der Waals surface area (Å²) < 4.78 is 0. The molecule has 0 aromatic rings. The van der Waals surface area contributed by atoms with Crippen molar-refractivity contribution in [3.05, 3.63) is 0 Å². The van der Waals surface area contributed by atoms with Gasteiger partial charge in [-0.25, -0.2) is 0 Å². The lowest BCUT2D eigenvalue weighted by molar-refractivity contribution is -0.138. The van der Waals surface area contributed by atoms with Gasteiger partial charge in [0.25, 0.3) is 0 Å². The molecule has 2 N–H and O–H groups in total. The van der Waals surface area contributed by atoms with Gasteiger partial charge in [-0.15, -0.1) is 0 Å². The average Bonchev–Trinajstić information content (AvgIpc) is 3.00. The Morgan fingerprint density at radius 2 is 1.77 bits per heavy atom. The highest BCUT2D eigenvalue weighted by Gasteiger charge is 2.42. The molecule has 0 aliphatic heterocycles. The van der Waals surface area contributed by atoms with E-state index in [1.54, 1.807) is 11.9 Å². The van der Waals surface area contributed by atoms with Gasteiger partial charge in [-0.1, -0.05) is 39.5 Å². The van der Waals surface area contributed by atoms with Crippen molar-refractivity contribution in [3.8, 4) is 0 Å². The molecule has 1 rings (SSSR count). The molecule has 5 heteroatoms. The van der Waals surface area contributed by atoms with Crippen molar-refractivity contribution in [3.63, 3.8) is 0 Å². The molecule has 0 aromatic heterocycles. The molecule has 1 aliphatic carbocycles. The van der Waals surface area contributed by atoms with Crippen LogP contribution < -0.4 is 10.6 Å². The monoisotopic (exact) mass is 310 g/mol. The van der Waals surface area contributed by atoms with Gasteiger partial charge in [-0.05, 0) is 18.8 Å². The van der Waals surface area contributed by atoms with Crippen LogP contribution in [0, 0.1) is 11.3 Å². The number of hydrogen-bond donors (Lipinski definition) is 2. The molecule has 0 unspecified atom stereocenters. The van der Waals surface area contributed by atoms with E-state index in [1.807, 2.05) is 14.1 Å². The summed E-state index contributed by atoms with van der Waals surface area (Å²) in [6.07, 6.45) is 6.57.